The highest BCUT2D eigenvalue weighted by atomic mass is 35.5. The Bertz CT molecular complexity index is 136. The SMILES string of the molecule is ClC(Cl)=C(Cl)Cl.ClC=C(Cl)Cl. The third kappa shape index (κ3) is 18.5. The van der Waals surface area contributed by atoms with Crippen molar-refractivity contribution in [3.63, 3.8) is 0 Å². The predicted molar refractivity (Wildman–Crippen MR) is 56.1 cm³/mol. The summed E-state index contributed by atoms with van der Waals surface area (Å²) >= 11 is 34.8. The Kier molecular flexibility index (Phi) is 13.1. The Morgan fingerprint density at radius 2 is 0.909 bits per heavy atom. The van der Waals surface area contributed by atoms with Gasteiger partial charge in [0.1, 0.15) is 13.5 Å². The maximum atomic E-state index is 4.99. The summed E-state index contributed by atoms with van der Waals surface area (Å²) in [6.45, 7) is 0. The van der Waals surface area contributed by atoms with E-state index in [0.717, 1.165) is 5.54 Å². The van der Waals surface area contributed by atoms with E-state index in [1.54, 1.807) is 0 Å². The molecule has 0 atom stereocenters. The van der Waals surface area contributed by atoms with Gasteiger partial charge < -0.3 is 0 Å². The lowest BCUT2D eigenvalue weighted by Gasteiger charge is -1.75. The van der Waals surface area contributed by atoms with Crippen LogP contribution < -0.4 is 0 Å². The molecule has 11 heavy (non-hydrogen) atoms. The Balaban J connectivity index is 0. The molecule has 0 aromatic heterocycles. The van der Waals surface area contributed by atoms with Crippen LogP contribution in [0.2, 0.25) is 0 Å². The highest BCUT2D eigenvalue weighted by Crippen LogP contribution is 2.20. The molecule has 7 heteroatoms. The van der Waals surface area contributed by atoms with Crippen molar-refractivity contribution in [3.05, 3.63) is 19.0 Å². The van der Waals surface area contributed by atoms with Crippen LogP contribution in [0.3, 0.4) is 0 Å². The molecule has 0 nitrogen and oxygen atoms in total. The Morgan fingerprint density at radius 1 is 0.727 bits per heavy atom. The van der Waals surface area contributed by atoms with E-state index < -0.39 is 0 Å². The topological polar surface area (TPSA) is 0 Å². The van der Waals surface area contributed by atoms with Gasteiger partial charge in [0.15, 0.2) is 0 Å². The molecule has 0 spiro atoms. The normalized spacial score (nSPS) is 7.55. The summed E-state index contributed by atoms with van der Waals surface area (Å²) in [5.41, 5.74) is 1.09. The van der Waals surface area contributed by atoms with Crippen LogP contribution in [-0.4, -0.2) is 0 Å². The van der Waals surface area contributed by atoms with Gasteiger partial charge in [-0.3, -0.25) is 0 Å². The highest BCUT2D eigenvalue weighted by Gasteiger charge is 1.88. The zero-order valence-corrected chi connectivity index (χ0v) is 10.0. The number of hydrogen-bond donors (Lipinski definition) is 0. The first-order valence-corrected chi connectivity index (χ1v) is 4.60. The summed E-state index contributed by atoms with van der Waals surface area (Å²) < 4.78 is -0.108. The molecule has 0 aromatic carbocycles. The Hall–Kier alpha value is 1.51. The second-order valence-electron chi connectivity index (χ2n) is 0.920. The molecule has 0 radical (unpaired) electrons. The van der Waals surface area contributed by atoms with Crippen molar-refractivity contribution >= 4 is 81.2 Å². The van der Waals surface area contributed by atoms with Crippen molar-refractivity contribution in [1.29, 1.82) is 0 Å². The Labute approximate surface area is 99.6 Å². The van der Waals surface area contributed by atoms with E-state index in [1.807, 2.05) is 0 Å². The summed E-state index contributed by atoms with van der Waals surface area (Å²) in [5.74, 6) is 0. The minimum absolute atomic E-state index is 0.0895. The molecule has 0 rings (SSSR count). The van der Waals surface area contributed by atoms with Crippen LogP contribution in [0, 0.1) is 0 Å². The average molecular weight is 297 g/mol. The van der Waals surface area contributed by atoms with E-state index in [2.05, 4.69) is 0 Å². The molecule has 0 aromatic rings. The summed E-state index contributed by atoms with van der Waals surface area (Å²) in [5, 5.41) is 0. The molecule has 0 unspecified atom stereocenters. The van der Waals surface area contributed by atoms with Crippen molar-refractivity contribution < 1.29 is 0 Å². The highest BCUT2D eigenvalue weighted by molar-refractivity contribution is 6.67. The van der Waals surface area contributed by atoms with Gasteiger partial charge in [-0.15, -0.1) is 0 Å². The molecular formula is C4HCl7. The molecule has 0 aliphatic rings. The van der Waals surface area contributed by atoms with E-state index in [9.17, 15) is 0 Å². The minimum Gasteiger partial charge on any atom is -0.0904 e. The molecule has 0 fully saturated rings. The summed E-state index contributed by atoms with van der Waals surface area (Å²) in [6.07, 6.45) is 0. The summed E-state index contributed by atoms with van der Waals surface area (Å²) in [7, 11) is 0. The third-order valence-corrected chi connectivity index (χ3v) is 2.03. The van der Waals surface area contributed by atoms with Gasteiger partial charge in [-0.05, 0) is 0 Å². The van der Waals surface area contributed by atoms with E-state index in [-0.39, 0.29) is 13.5 Å². The molecule has 0 heterocycles. The molecule has 66 valence electrons. The quantitative estimate of drug-likeness (QED) is 0.548. The van der Waals surface area contributed by atoms with Gasteiger partial charge in [0.05, 0.1) is 0 Å². The predicted octanol–water partition coefficient (Wildman–Crippen LogP) is 5.57. The maximum Gasteiger partial charge on any atom is 0.136 e. The molecule has 0 aliphatic heterocycles. The van der Waals surface area contributed by atoms with E-state index >= 15 is 0 Å². The molecular weight excluding hydrogens is 296 g/mol. The largest absolute Gasteiger partial charge is 0.136 e. The van der Waals surface area contributed by atoms with Gasteiger partial charge in [0.2, 0.25) is 0 Å². The molecule has 0 aliphatic carbocycles. The van der Waals surface area contributed by atoms with Gasteiger partial charge in [-0.1, -0.05) is 81.2 Å². The lowest BCUT2D eigenvalue weighted by Crippen LogP contribution is -1.47. The van der Waals surface area contributed by atoms with Gasteiger partial charge >= 0.3 is 0 Å². The van der Waals surface area contributed by atoms with E-state index in [1.165, 1.54) is 0 Å². The fourth-order valence-electron chi connectivity index (χ4n) is 0. The van der Waals surface area contributed by atoms with Crippen molar-refractivity contribution in [2.24, 2.45) is 0 Å². The maximum absolute atomic E-state index is 4.99. The number of hydrogen-bond acceptors (Lipinski definition) is 0. The first kappa shape index (κ1) is 15.0. The first-order valence-electron chi connectivity index (χ1n) is 1.89. The summed E-state index contributed by atoms with van der Waals surface area (Å²) in [6, 6.07) is 0. The lowest BCUT2D eigenvalue weighted by atomic mass is 11.2. The van der Waals surface area contributed by atoms with Crippen LogP contribution in [0.1, 0.15) is 0 Å². The third-order valence-electron chi connectivity index (χ3n) is 0.225. The Morgan fingerprint density at radius 3 is 0.909 bits per heavy atom. The molecule has 0 saturated heterocycles. The number of rotatable bonds is 0. The standard InChI is InChI=1S/C2Cl4.C2HCl3/c3-1(4)2(5)6;3-1-2(4)5/h;1H. The van der Waals surface area contributed by atoms with Crippen molar-refractivity contribution in [3.8, 4) is 0 Å². The van der Waals surface area contributed by atoms with Crippen LogP contribution in [0.4, 0.5) is 0 Å². The zero-order chi connectivity index (χ0) is 9.44. The van der Waals surface area contributed by atoms with Gasteiger partial charge in [-0.25, -0.2) is 0 Å². The molecule has 0 saturated carbocycles. The molecule has 0 bridgehead atoms. The van der Waals surface area contributed by atoms with Crippen LogP contribution in [0.5, 0.6) is 0 Å². The number of halogens is 7. The first-order chi connectivity index (χ1) is 4.91. The second kappa shape index (κ2) is 9.60. The molecule has 0 amide bonds. The molecule has 0 N–H and O–H groups in total. The minimum atomic E-state index is -0.0988. The second-order valence-corrected chi connectivity index (χ2v) is 4.04. The van der Waals surface area contributed by atoms with Gasteiger partial charge in [0.25, 0.3) is 0 Å². The summed E-state index contributed by atoms with van der Waals surface area (Å²) in [4.78, 5) is 0. The van der Waals surface area contributed by atoms with Crippen molar-refractivity contribution in [1.82, 2.24) is 0 Å². The zero-order valence-electron chi connectivity index (χ0n) is 4.72. The van der Waals surface area contributed by atoms with E-state index in [0.29, 0.717) is 0 Å². The van der Waals surface area contributed by atoms with Crippen LogP contribution in [0.15, 0.2) is 19.0 Å². The van der Waals surface area contributed by atoms with Crippen LogP contribution >= 0.6 is 81.2 Å². The van der Waals surface area contributed by atoms with Crippen molar-refractivity contribution in [2.45, 2.75) is 0 Å². The van der Waals surface area contributed by atoms with Gasteiger partial charge in [-0.2, -0.15) is 0 Å². The fraction of sp³-hybridized carbons (Fsp3) is 0. The van der Waals surface area contributed by atoms with Crippen LogP contribution in [-0.2, 0) is 0 Å². The fourth-order valence-corrected chi connectivity index (χ4v) is 0. The van der Waals surface area contributed by atoms with Crippen LogP contribution in [0.25, 0.3) is 0 Å². The monoisotopic (exact) mass is 294 g/mol. The van der Waals surface area contributed by atoms with Crippen molar-refractivity contribution in [2.75, 3.05) is 0 Å². The smallest absolute Gasteiger partial charge is 0.0904 e. The van der Waals surface area contributed by atoms with E-state index in [4.69, 9.17) is 81.2 Å². The lowest BCUT2D eigenvalue weighted by molar-refractivity contribution is 2.25. The van der Waals surface area contributed by atoms with Gasteiger partial charge in [0, 0.05) is 5.54 Å². The average Bonchev–Trinajstić information content (AvgIpc) is 1.89.